The Morgan fingerprint density at radius 1 is 1.04 bits per heavy atom. The number of aromatic hydroxyl groups is 2. The Morgan fingerprint density at radius 3 is 2.43 bits per heavy atom. The van der Waals surface area contributed by atoms with E-state index in [1.165, 1.54) is 0 Å². The first-order chi connectivity index (χ1) is 11.1. The Labute approximate surface area is 140 Å². The van der Waals surface area contributed by atoms with Gasteiger partial charge in [0.05, 0.1) is 12.1 Å². The normalized spacial score (nSPS) is 16.7. The third kappa shape index (κ3) is 3.15. The molecule has 2 aromatic rings. The van der Waals surface area contributed by atoms with E-state index in [-0.39, 0.29) is 11.5 Å². The van der Waals surface area contributed by atoms with Gasteiger partial charge in [0.15, 0.2) is 0 Å². The lowest BCUT2D eigenvalue weighted by molar-refractivity contribution is 0.402. The predicted octanol–water partition coefficient (Wildman–Crippen LogP) is 5.03. The highest BCUT2D eigenvalue weighted by molar-refractivity contribution is 6.34. The fourth-order valence-corrected chi connectivity index (χ4v) is 3.26. The van der Waals surface area contributed by atoms with Crippen LogP contribution in [0.1, 0.15) is 36.0 Å². The number of allylic oxidation sites excluding steroid dienone is 1. The lowest BCUT2D eigenvalue weighted by Crippen LogP contribution is -2.01. The highest BCUT2D eigenvalue weighted by Gasteiger charge is 2.18. The first-order valence-electron chi connectivity index (χ1n) is 7.68. The lowest BCUT2D eigenvalue weighted by atomic mass is 9.90. The highest BCUT2D eigenvalue weighted by Crippen LogP contribution is 2.41. The van der Waals surface area contributed by atoms with E-state index in [2.05, 4.69) is 0 Å². The van der Waals surface area contributed by atoms with Crippen LogP contribution < -0.4 is 4.74 Å². The summed E-state index contributed by atoms with van der Waals surface area (Å²) >= 11 is 6.35. The van der Waals surface area contributed by atoms with Gasteiger partial charge in [0.2, 0.25) is 0 Å². The van der Waals surface area contributed by atoms with Crippen LogP contribution in [0, 0.1) is 0 Å². The van der Waals surface area contributed by atoms with Crippen LogP contribution in [0.25, 0.3) is 11.6 Å². The van der Waals surface area contributed by atoms with Gasteiger partial charge in [-0.3, -0.25) is 0 Å². The predicted molar refractivity (Wildman–Crippen MR) is 93.2 cm³/mol. The average Bonchev–Trinajstić information content (AvgIpc) is 2.53. The Morgan fingerprint density at radius 2 is 1.74 bits per heavy atom. The van der Waals surface area contributed by atoms with Crippen LogP contribution in [-0.4, -0.2) is 17.3 Å². The van der Waals surface area contributed by atoms with Gasteiger partial charge in [-0.1, -0.05) is 23.7 Å². The van der Waals surface area contributed by atoms with E-state index >= 15 is 0 Å². The summed E-state index contributed by atoms with van der Waals surface area (Å²) in [7, 11) is 1.60. The van der Waals surface area contributed by atoms with Crippen LogP contribution in [0.2, 0.25) is 5.02 Å². The Bertz CT molecular complexity index is 748. The molecule has 0 amide bonds. The maximum Gasteiger partial charge on any atom is 0.138 e. The number of methoxy groups -OCH3 is 1. The molecule has 0 bridgehead atoms. The number of benzene rings is 2. The van der Waals surface area contributed by atoms with Gasteiger partial charge < -0.3 is 14.9 Å². The summed E-state index contributed by atoms with van der Waals surface area (Å²) in [5, 5.41) is 19.9. The molecule has 1 aliphatic carbocycles. The first kappa shape index (κ1) is 15.8. The molecule has 0 saturated heterocycles. The minimum absolute atomic E-state index is 0.0316. The van der Waals surface area contributed by atoms with E-state index in [1.807, 2.05) is 18.2 Å². The van der Waals surface area contributed by atoms with Crippen LogP contribution in [0.15, 0.2) is 30.3 Å². The molecule has 2 aromatic carbocycles. The van der Waals surface area contributed by atoms with Gasteiger partial charge in [-0.2, -0.15) is 0 Å². The second-order valence-corrected chi connectivity index (χ2v) is 6.11. The minimum Gasteiger partial charge on any atom is -0.508 e. The number of halogens is 1. The molecule has 2 N–H and O–H groups in total. The smallest absolute Gasteiger partial charge is 0.138 e. The van der Waals surface area contributed by atoms with Crippen molar-refractivity contribution in [3.05, 3.63) is 52.0 Å². The monoisotopic (exact) mass is 330 g/mol. The fourth-order valence-electron chi connectivity index (χ4n) is 3.04. The lowest BCUT2D eigenvalue weighted by Gasteiger charge is -2.19. The minimum atomic E-state index is 0.0316. The van der Waals surface area contributed by atoms with Crippen molar-refractivity contribution >= 4 is 23.3 Å². The molecule has 0 heterocycles. The Kier molecular flexibility index (Phi) is 4.49. The van der Waals surface area contributed by atoms with Gasteiger partial charge in [0.1, 0.15) is 17.2 Å². The molecule has 23 heavy (non-hydrogen) atoms. The zero-order valence-electron chi connectivity index (χ0n) is 13.0. The van der Waals surface area contributed by atoms with E-state index in [9.17, 15) is 10.2 Å². The van der Waals surface area contributed by atoms with Gasteiger partial charge in [0, 0.05) is 17.2 Å². The third-order valence-electron chi connectivity index (χ3n) is 4.25. The standard InChI is InChI=1S/C19H19ClO3/c1-23-18-11-17(22)19(20)16-10-13(4-2-3-5-15(16)18)12-6-8-14(21)9-7-12/h6-11,21-22H,2-5H2,1H3/b13-10+. The van der Waals surface area contributed by atoms with Crippen molar-refractivity contribution in [3.63, 3.8) is 0 Å². The molecule has 0 aromatic heterocycles. The summed E-state index contributed by atoms with van der Waals surface area (Å²) in [6.07, 6.45) is 5.93. The van der Waals surface area contributed by atoms with Crippen molar-refractivity contribution in [2.24, 2.45) is 0 Å². The highest BCUT2D eigenvalue weighted by atomic mass is 35.5. The number of phenolic OH excluding ortho intramolecular Hbond substituents is 2. The van der Waals surface area contributed by atoms with E-state index in [0.717, 1.165) is 47.9 Å². The Hall–Kier alpha value is -2.13. The van der Waals surface area contributed by atoms with Gasteiger partial charge >= 0.3 is 0 Å². The van der Waals surface area contributed by atoms with Crippen molar-refractivity contribution in [1.82, 2.24) is 0 Å². The van der Waals surface area contributed by atoms with Crippen molar-refractivity contribution in [2.75, 3.05) is 7.11 Å². The first-order valence-corrected chi connectivity index (χ1v) is 8.06. The van der Waals surface area contributed by atoms with Crippen molar-refractivity contribution in [3.8, 4) is 17.2 Å². The summed E-state index contributed by atoms with van der Waals surface area (Å²) in [5.74, 6) is 0.951. The molecule has 0 unspecified atom stereocenters. The maximum atomic E-state index is 10.1. The van der Waals surface area contributed by atoms with Crippen molar-refractivity contribution in [2.45, 2.75) is 25.7 Å². The summed E-state index contributed by atoms with van der Waals surface area (Å²) < 4.78 is 5.42. The number of phenols is 2. The molecule has 3 rings (SSSR count). The molecular weight excluding hydrogens is 312 g/mol. The molecule has 0 atom stereocenters. The zero-order chi connectivity index (χ0) is 16.4. The molecule has 3 nitrogen and oxygen atoms in total. The molecule has 120 valence electrons. The number of hydrogen-bond acceptors (Lipinski definition) is 3. The largest absolute Gasteiger partial charge is 0.508 e. The van der Waals surface area contributed by atoms with Gasteiger partial charge in [-0.15, -0.1) is 0 Å². The zero-order valence-corrected chi connectivity index (χ0v) is 13.7. The number of fused-ring (bicyclic) bond motifs is 1. The molecule has 0 radical (unpaired) electrons. The molecule has 1 aliphatic rings. The summed E-state index contributed by atoms with van der Waals surface area (Å²) in [4.78, 5) is 0. The van der Waals surface area contributed by atoms with Crippen LogP contribution in [-0.2, 0) is 6.42 Å². The fraction of sp³-hybridized carbons (Fsp3) is 0.263. The number of rotatable bonds is 2. The van der Waals surface area contributed by atoms with Gasteiger partial charge in [0.25, 0.3) is 0 Å². The Balaban J connectivity index is 2.17. The summed E-state index contributed by atoms with van der Waals surface area (Å²) in [5.41, 5.74) is 4.05. The topological polar surface area (TPSA) is 49.7 Å². The quantitative estimate of drug-likeness (QED) is 0.812. The van der Waals surface area contributed by atoms with Crippen molar-refractivity contribution in [1.29, 1.82) is 0 Å². The van der Waals surface area contributed by atoms with Crippen LogP contribution in [0.5, 0.6) is 17.2 Å². The summed E-state index contributed by atoms with van der Waals surface area (Å²) in [6, 6.07) is 8.74. The van der Waals surface area contributed by atoms with Crippen LogP contribution in [0.4, 0.5) is 0 Å². The molecule has 0 aliphatic heterocycles. The van der Waals surface area contributed by atoms with E-state index in [4.69, 9.17) is 16.3 Å². The molecule has 0 fully saturated rings. The molecule has 0 saturated carbocycles. The molecule has 0 spiro atoms. The van der Waals surface area contributed by atoms with Gasteiger partial charge in [-0.25, -0.2) is 0 Å². The number of ether oxygens (including phenoxy) is 1. The third-order valence-corrected chi connectivity index (χ3v) is 4.65. The van der Waals surface area contributed by atoms with Gasteiger partial charge in [-0.05, 0) is 55.0 Å². The number of hydrogen-bond donors (Lipinski definition) is 2. The maximum absolute atomic E-state index is 10.1. The van der Waals surface area contributed by atoms with E-state index in [0.29, 0.717) is 10.8 Å². The SMILES string of the molecule is COc1cc(O)c(Cl)c2c1CCCC/C(c1ccc(O)cc1)=C\2. The second kappa shape index (κ2) is 6.55. The van der Waals surface area contributed by atoms with Crippen LogP contribution >= 0.6 is 11.6 Å². The summed E-state index contributed by atoms with van der Waals surface area (Å²) in [6.45, 7) is 0. The molecular formula is C19H19ClO3. The van der Waals surface area contributed by atoms with Crippen molar-refractivity contribution < 1.29 is 14.9 Å². The van der Waals surface area contributed by atoms with Crippen LogP contribution in [0.3, 0.4) is 0 Å². The van der Waals surface area contributed by atoms with E-state index < -0.39 is 0 Å². The molecule has 4 heteroatoms. The average molecular weight is 331 g/mol. The van der Waals surface area contributed by atoms with E-state index in [1.54, 1.807) is 25.3 Å². The second-order valence-electron chi connectivity index (χ2n) is 5.73.